The van der Waals surface area contributed by atoms with E-state index in [0.29, 0.717) is 26.2 Å². The fraction of sp³-hybridized carbons (Fsp3) is 0.875. The third kappa shape index (κ3) is 5.07. The normalized spacial score (nSPS) is 19.7. The summed E-state index contributed by atoms with van der Waals surface area (Å²) in [6.45, 7) is 9.91. The summed E-state index contributed by atoms with van der Waals surface area (Å²) < 4.78 is 5.73. The van der Waals surface area contributed by atoms with Gasteiger partial charge >= 0.3 is 6.03 Å². The molecule has 7 nitrogen and oxygen atoms in total. The van der Waals surface area contributed by atoms with Crippen molar-refractivity contribution in [1.82, 2.24) is 20.0 Å². The summed E-state index contributed by atoms with van der Waals surface area (Å²) in [5, 5.41) is 3.28. The second kappa shape index (κ2) is 9.08. The molecular formula is C16H30N4O3. The van der Waals surface area contributed by atoms with E-state index in [-0.39, 0.29) is 24.6 Å². The van der Waals surface area contributed by atoms with Gasteiger partial charge in [-0.2, -0.15) is 0 Å². The Balaban J connectivity index is 1.70. The standard InChI is InChI=1S/C16H30N4O3/c1-3-18(4-2)16(22)20-11-9-19(10-12-20)15(21)13-23-14-5-7-17-8-6-14/h14,17H,3-13H2,1-2H3. The Bertz CT molecular complexity index is 387. The van der Waals surface area contributed by atoms with Gasteiger partial charge in [-0.3, -0.25) is 4.79 Å². The largest absolute Gasteiger partial charge is 0.368 e. The average Bonchev–Trinajstić information content (AvgIpc) is 2.61. The first-order valence-corrected chi connectivity index (χ1v) is 8.79. The van der Waals surface area contributed by atoms with E-state index >= 15 is 0 Å². The summed E-state index contributed by atoms with van der Waals surface area (Å²) in [4.78, 5) is 30.0. The van der Waals surface area contributed by atoms with Crippen LogP contribution in [0.3, 0.4) is 0 Å². The van der Waals surface area contributed by atoms with Gasteiger partial charge in [-0.05, 0) is 39.8 Å². The Morgan fingerprint density at radius 2 is 1.61 bits per heavy atom. The Kier molecular flexibility index (Phi) is 7.11. The summed E-state index contributed by atoms with van der Waals surface area (Å²) in [6, 6.07) is 0.0769. The summed E-state index contributed by atoms with van der Waals surface area (Å²) in [5.41, 5.74) is 0. The number of rotatable bonds is 5. The second-order valence-corrected chi connectivity index (χ2v) is 6.08. The number of piperidine rings is 1. The average molecular weight is 326 g/mol. The van der Waals surface area contributed by atoms with E-state index in [0.717, 1.165) is 39.0 Å². The molecule has 0 spiro atoms. The monoisotopic (exact) mass is 326 g/mol. The molecule has 1 N–H and O–H groups in total. The maximum Gasteiger partial charge on any atom is 0.320 e. The number of ether oxygens (including phenoxy) is 1. The molecular weight excluding hydrogens is 296 g/mol. The Morgan fingerprint density at radius 3 is 2.17 bits per heavy atom. The number of carbonyl (C=O) groups is 2. The first-order valence-electron chi connectivity index (χ1n) is 8.79. The van der Waals surface area contributed by atoms with Crippen molar-refractivity contribution in [2.24, 2.45) is 0 Å². The van der Waals surface area contributed by atoms with Crippen molar-refractivity contribution in [3.8, 4) is 0 Å². The Labute approximate surface area is 138 Å². The van der Waals surface area contributed by atoms with E-state index in [1.807, 2.05) is 28.5 Å². The SMILES string of the molecule is CCN(CC)C(=O)N1CCN(C(=O)COC2CCNCC2)CC1. The van der Waals surface area contributed by atoms with Crippen molar-refractivity contribution in [2.45, 2.75) is 32.8 Å². The van der Waals surface area contributed by atoms with Crippen molar-refractivity contribution in [3.63, 3.8) is 0 Å². The molecule has 0 bridgehead atoms. The molecule has 0 aromatic carbocycles. The van der Waals surface area contributed by atoms with Gasteiger partial charge in [0.2, 0.25) is 5.91 Å². The van der Waals surface area contributed by atoms with Gasteiger partial charge in [0.1, 0.15) is 6.61 Å². The van der Waals surface area contributed by atoms with E-state index in [1.165, 1.54) is 0 Å². The predicted octanol–water partition coefficient (Wildman–Crippen LogP) is 0.361. The van der Waals surface area contributed by atoms with Crippen LogP contribution in [-0.4, -0.2) is 91.7 Å². The van der Waals surface area contributed by atoms with Gasteiger partial charge in [-0.15, -0.1) is 0 Å². The number of nitrogens with zero attached hydrogens (tertiary/aromatic N) is 3. The van der Waals surface area contributed by atoms with E-state index in [1.54, 1.807) is 0 Å². The molecule has 0 saturated carbocycles. The minimum absolute atomic E-state index is 0.0403. The van der Waals surface area contributed by atoms with Crippen molar-refractivity contribution in [2.75, 3.05) is 59.0 Å². The van der Waals surface area contributed by atoms with Crippen molar-refractivity contribution in [3.05, 3.63) is 0 Å². The quantitative estimate of drug-likeness (QED) is 0.792. The molecule has 2 fully saturated rings. The van der Waals surface area contributed by atoms with Crippen LogP contribution in [0.1, 0.15) is 26.7 Å². The molecule has 0 unspecified atom stereocenters. The predicted molar refractivity (Wildman–Crippen MR) is 88.3 cm³/mol. The van der Waals surface area contributed by atoms with Crippen LogP contribution in [0.15, 0.2) is 0 Å². The van der Waals surface area contributed by atoms with Crippen molar-refractivity contribution < 1.29 is 14.3 Å². The number of carbonyl (C=O) groups excluding carboxylic acids is 2. The number of amides is 3. The van der Waals surface area contributed by atoms with E-state index < -0.39 is 0 Å². The lowest BCUT2D eigenvalue weighted by atomic mass is 10.1. The lowest BCUT2D eigenvalue weighted by Crippen LogP contribution is -2.54. The van der Waals surface area contributed by atoms with Crippen LogP contribution in [0, 0.1) is 0 Å². The Hall–Kier alpha value is -1.34. The van der Waals surface area contributed by atoms with Crippen molar-refractivity contribution in [1.29, 1.82) is 0 Å². The van der Waals surface area contributed by atoms with E-state index in [2.05, 4.69) is 5.32 Å². The molecule has 0 atom stereocenters. The first kappa shape index (κ1) is 18.0. The van der Waals surface area contributed by atoms with Gasteiger partial charge in [0.25, 0.3) is 0 Å². The summed E-state index contributed by atoms with van der Waals surface area (Å²) in [6.07, 6.45) is 2.14. The molecule has 3 amide bonds. The zero-order chi connectivity index (χ0) is 16.7. The second-order valence-electron chi connectivity index (χ2n) is 6.08. The van der Waals surface area contributed by atoms with Crippen LogP contribution in [0.5, 0.6) is 0 Å². The number of nitrogens with one attached hydrogen (secondary N) is 1. The number of hydrogen-bond donors (Lipinski definition) is 1. The third-order valence-corrected chi connectivity index (χ3v) is 4.67. The molecule has 23 heavy (non-hydrogen) atoms. The minimum Gasteiger partial charge on any atom is -0.368 e. The molecule has 2 aliphatic rings. The molecule has 0 radical (unpaired) electrons. The highest BCUT2D eigenvalue weighted by Gasteiger charge is 2.26. The smallest absolute Gasteiger partial charge is 0.320 e. The van der Waals surface area contributed by atoms with Gasteiger partial charge < -0.3 is 24.8 Å². The van der Waals surface area contributed by atoms with Gasteiger partial charge in [0.05, 0.1) is 6.10 Å². The molecule has 0 aliphatic carbocycles. The van der Waals surface area contributed by atoms with Crippen LogP contribution >= 0.6 is 0 Å². The van der Waals surface area contributed by atoms with Gasteiger partial charge in [0.15, 0.2) is 0 Å². The summed E-state index contributed by atoms with van der Waals surface area (Å²) in [5.74, 6) is 0.0403. The zero-order valence-corrected chi connectivity index (χ0v) is 14.4. The van der Waals surface area contributed by atoms with E-state index in [4.69, 9.17) is 4.74 Å². The molecule has 2 rings (SSSR count). The number of hydrogen-bond acceptors (Lipinski definition) is 4. The highest BCUT2D eigenvalue weighted by atomic mass is 16.5. The molecule has 0 aromatic heterocycles. The molecule has 132 valence electrons. The summed E-state index contributed by atoms with van der Waals surface area (Å²) >= 11 is 0. The van der Waals surface area contributed by atoms with Crippen LogP contribution in [0.25, 0.3) is 0 Å². The molecule has 2 saturated heterocycles. The number of urea groups is 1. The minimum atomic E-state index is 0.0403. The van der Waals surface area contributed by atoms with Gasteiger partial charge in [-0.1, -0.05) is 0 Å². The third-order valence-electron chi connectivity index (χ3n) is 4.67. The number of piperazine rings is 1. The molecule has 2 aliphatic heterocycles. The highest BCUT2D eigenvalue weighted by molar-refractivity contribution is 5.78. The van der Waals surface area contributed by atoms with Crippen LogP contribution in [0.2, 0.25) is 0 Å². The fourth-order valence-electron chi connectivity index (χ4n) is 3.08. The van der Waals surface area contributed by atoms with Gasteiger partial charge in [-0.25, -0.2) is 4.79 Å². The fourth-order valence-corrected chi connectivity index (χ4v) is 3.08. The van der Waals surface area contributed by atoms with E-state index in [9.17, 15) is 9.59 Å². The lowest BCUT2D eigenvalue weighted by Gasteiger charge is -2.37. The topological polar surface area (TPSA) is 65.1 Å². The van der Waals surface area contributed by atoms with Crippen LogP contribution in [-0.2, 0) is 9.53 Å². The summed E-state index contributed by atoms with van der Waals surface area (Å²) in [7, 11) is 0. The highest BCUT2D eigenvalue weighted by Crippen LogP contribution is 2.09. The maximum absolute atomic E-state index is 12.3. The van der Waals surface area contributed by atoms with Crippen molar-refractivity contribution >= 4 is 11.9 Å². The van der Waals surface area contributed by atoms with Crippen LogP contribution < -0.4 is 5.32 Å². The molecule has 2 heterocycles. The Morgan fingerprint density at radius 1 is 1.04 bits per heavy atom. The first-order chi connectivity index (χ1) is 11.2. The molecule has 7 heteroatoms. The maximum atomic E-state index is 12.3. The zero-order valence-electron chi connectivity index (χ0n) is 14.4. The molecule has 0 aromatic rings. The van der Waals surface area contributed by atoms with Crippen LogP contribution in [0.4, 0.5) is 4.79 Å². The van der Waals surface area contributed by atoms with Gasteiger partial charge in [0, 0.05) is 39.3 Å². The lowest BCUT2D eigenvalue weighted by molar-refractivity contribution is -0.140.